The molecule has 0 atom stereocenters. The maximum Gasteiger partial charge on any atom is 0.673 e. The van der Waals surface area contributed by atoms with Gasteiger partial charge in [0.15, 0.2) is 0 Å². The van der Waals surface area contributed by atoms with Crippen molar-refractivity contribution >= 4 is 38.9 Å². The SMILES string of the molecule is C1CCC(P(C2CCCCC2)C2CCCCC2)CC1.C1CCC(P(C2CCCCC2)C2CCCCC2)CC1.C1CCC(P(C2CCCCC2)C2CCCCC2)CC1.C1CCC(P(C2CCCCC2)C2CCCCC2)CC1.F[B-](F)(F)F.[Au].[Au].[Au].[Au].[CH2+]C. The van der Waals surface area contributed by atoms with Crippen LogP contribution in [0, 0.1) is 6.92 Å². The molecule has 0 bridgehead atoms. The normalized spacial score (nSPS) is 26.0. The van der Waals surface area contributed by atoms with Gasteiger partial charge in [-0.3, -0.25) is 0 Å². The van der Waals surface area contributed by atoms with Gasteiger partial charge < -0.3 is 17.3 Å². The molecule has 0 heterocycles. The molecular weight excluding hydrogens is 1890 g/mol. The van der Waals surface area contributed by atoms with E-state index in [1.807, 2.05) is 0 Å². The van der Waals surface area contributed by atoms with E-state index < -0.39 is 7.25 Å². The minimum Gasteiger partial charge on any atom is -0.418 e. The second kappa shape index (κ2) is 51.5. The molecule has 12 fully saturated rings. The van der Waals surface area contributed by atoms with Crippen molar-refractivity contribution < 1.29 is 107 Å². The largest absolute Gasteiger partial charge is 0.673 e. The fourth-order valence-electron chi connectivity index (χ4n) is 20.1. The number of hydrogen-bond donors (Lipinski definition) is 0. The molecule has 0 N–H and O–H groups in total. The Morgan fingerprint density at radius 1 is 0.172 bits per heavy atom. The molecule has 528 valence electrons. The van der Waals surface area contributed by atoms with Gasteiger partial charge >= 0.3 is 7.25 Å². The molecule has 0 aromatic heterocycles. The Morgan fingerprint density at radius 3 is 0.287 bits per heavy atom. The van der Waals surface area contributed by atoms with Crippen LogP contribution in [0.15, 0.2) is 0 Å². The van der Waals surface area contributed by atoms with Gasteiger partial charge in [-0.15, -0.1) is 0 Å². The zero-order valence-electron chi connectivity index (χ0n) is 56.1. The maximum atomic E-state index is 9.75. The molecule has 0 aromatic carbocycles. The van der Waals surface area contributed by atoms with Crippen molar-refractivity contribution in [2.75, 3.05) is 0 Å². The topological polar surface area (TPSA) is 0 Å². The smallest absolute Gasteiger partial charge is 0.418 e. The summed E-state index contributed by atoms with van der Waals surface area (Å²) in [6.07, 6.45) is 94.5. The van der Waals surface area contributed by atoms with Crippen LogP contribution in [0.3, 0.4) is 0 Å². The molecule has 12 aliphatic rings. The molecule has 0 aliphatic heterocycles. The quantitative estimate of drug-likeness (QED) is 0.0791. The Labute approximate surface area is 606 Å². The van der Waals surface area contributed by atoms with Gasteiger partial charge in [0.05, 0.1) is 13.8 Å². The second-order valence-electron chi connectivity index (χ2n) is 29.8. The molecule has 0 spiro atoms. The molecule has 13 heteroatoms. The van der Waals surface area contributed by atoms with E-state index >= 15 is 0 Å². The minimum absolute atomic E-state index is 0. The first kappa shape index (κ1) is 85.6. The summed E-state index contributed by atoms with van der Waals surface area (Å²) in [6.45, 7) is 5.00. The van der Waals surface area contributed by atoms with Crippen LogP contribution in [-0.2, 0) is 89.5 Å². The third-order valence-corrected chi connectivity index (χ3v) is 40.3. The molecular formula is C74H137Au4BF4P4. The van der Waals surface area contributed by atoms with Crippen molar-refractivity contribution in [3.63, 3.8) is 0 Å². The van der Waals surface area contributed by atoms with Crippen LogP contribution < -0.4 is 0 Å². The first-order valence-electron chi connectivity index (χ1n) is 38.5. The van der Waals surface area contributed by atoms with Crippen molar-refractivity contribution in [2.24, 2.45) is 0 Å². The van der Waals surface area contributed by atoms with E-state index in [2.05, 4.69) is 6.92 Å². The van der Waals surface area contributed by atoms with E-state index in [0.717, 1.165) is 0 Å². The van der Waals surface area contributed by atoms with E-state index in [1.165, 1.54) is 145 Å². The molecule has 4 radical (unpaired) electrons. The molecule has 0 amide bonds. The molecule has 0 unspecified atom stereocenters. The van der Waals surface area contributed by atoms with Gasteiger partial charge in [-0.1, -0.05) is 263 Å². The van der Waals surface area contributed by atoms with Gasteiger partial charge in [0.25, 0.3) is 0 Å². The molecule has 12 rings (SSSR count). The van der Waals surface area contributed by atoms with Gasteiger partial charge in [0.2, 0.25) is 0 Å². The molecule has 12 aliphatic carbocycles. The summed E-state index contributed by atoms with van der Waals surface area (Å²) in [5, 5.41) is 0. The predicted molar refractivity (Wildman–Crippen MR) is 371 cm³/mol. The van der Waals surface area contributed by atoms with E-state index in [4.69, 9.17) is 0 Å². The van der Waals surface area contributed by atoms with Crippen LogP contribution in [0.25, 0.3) is 0 Å². The standard InChI is InChI=1S/4C18H33P.C2H5.4Au.BF4/c4*1-4-10-16(11-5-1)19(17-12-6-2-7-13-17)18-14-8-3-9-15-18;1-2;;;;;2-1(3,4)5/h4*16-18H,1-15H2;1H2,2H3;;;;;/q;;;;+1;;;;;-1. The Morgan fingerprint density at radius 2 is 0.230 bits per heavy atom. The molecule has 12 saturated carbocycles. The summed E-state index contributed by atoms with van der Waals surface area (Å²) in [6, 6.07) is 0. The van der Waals surface area contributed by atoms with Crippen LogP contribution in [-0.4, -0.2) is 75.2 Å². The Hall–Kier alpha value is 4.34. The fraction of sp³-hybridized carbons (Fsp3) is 0.986. The van der Waals surface area contributed by atoms with Crippen molar-refractivity contribution in [3.05, 3.63) is 6.92 Å². The number of rotatable bonds is 12. The van der Waals surface area contributed by atoms with Crippen LogP contribution >= 0.6 is 31.7 Å². The Kier molecular flexibility index (Phi) is 50.6. The van der Waals surface area contributed by atoms with E-state index in [1.54, 1.807) is 315 Å². The van der Waals surface area contributed by atoms with Crippen LogP contribution in [0.5, 0.6) is 0 Å². The average molecular weight is 2030 g/mol. The first-order valence-corrected chi connectivity index (χ1v) is 44.7. The molecule has 87 heavy (non-hydrogen) atoms. The van der Waals surface area contributed by atoms with Gasteiger partial charge in [-0.05, 0) is 222 Å². The second-order valence-corrected chi connectivity index (χ2v) is 42.1. The third kappa shape index (κ3) is 32.0. The zero-order valence-corrected chi connectivity index (χ0v) is 68.4. The Bertz CT molecular complexity index is 1160. The molecule has 0 saturated heterocycles. The molecule has 0 nitrogen and oxygen atoms in total. The summed E-state index contributed by atoms with van der Waals surface area (Å²) in [4.78, 5) is 0. The van der Waals surface area contributed by atoms with E-state index in [-0.39, 0.29) is 89.5 Å². The maximum absolute atomic E-state index is 9.75. The third-order valence-electron chi connectivity index (χ3n) is 24.0. The summed E-state index contributed by atoms with van der Waals surface area (Å²) in [5.41, 5.74) is 14.3. The van der Waals surface area contributed by atoms with Crippen LogP contribution in [0.1, 0.15) is 392 Å². The number of halogens is 4. The monoisotopic (exact) mass is 2020 g/mol. The van der Waals surface area contributed by atoms with Gasteiger partial charge in [-0.2, -0.15) is 0 Å². The zero-order chi connectivity index (χ0) is 58.2. The number of hydrogen-bond acceptors (Lipinski definition) is 0. The van der Waals surface area contributed by atoms with E-state index in [0.29, 0.717) is 31.7 Å². The summed E-state index contributed by atoms with van der Waals surface area (Å²) < 4.78 is 39.0. The van der Waals surface area contributed by atoms with Gasteiger partial charge in [-0.25, -0.2) is 0 Å². The summed E-state index contributed by atoms with van der Waals surface area (Å²) in [5.74, 6) is 0. The first-order chi connectivity index (χ1) is 40.8. The van der Waals surface area contributed by atoms with Crippen molar-refractivity contribution in [1.29, 1.82) is 0 Å². The van der Waals surface area contributed by atoms with Crippen molar-refractivity contribution in [3.8, 4) is 0 Å². The fourth-order valence-corrected chi connectivity index (χ4v) is 38.8. The van der Waals surface area contributed by atoms with Crippen molar-refractivity contribution in [1.82, 2.24) is 0 Å². The van der Waals surface area contributed by atoms with Crippen molar-refractivity contribution in [2.45, 2.75) is 460 Å². The Balaban J connectivity index is 0.000000288. The minimum atomic E-state index is -6.00. The molecule has 0 aromatic rings. The van der Waals surface area contributed by atoms with Gasteiger partial charge in [0, 0.05) is 89.5 Å². The average Bonchev–Trinajstić information content (AvgIpc) is 3.75. The summed E-state index contributed by atoms with van der Waals surface area (Å²) >= 11 is 0. The predicted octanol–water partition coefficient (Wildman–Crippen LogP) is 28.0. The summed E-state index contributed by atoms with van der Waals surface area (Å²) in [7, 11) is -4.46. The van der Waals surface area contributed by atoms with Crippen LogP contribution in [0.4, 0.5) is 17.3 Å². The van der Waals surface area contributed by atoms with E-state index in [9.17, 15) is 17.3 Å². The van der Waals surface area contributed by atoms with Gasteiger partial charge in [0.1, 0.15) is 0 Å². The van der Waals surface area contributed by atoms with Crippen LogP contribution in [0.2, 0.25) is 0 Å².